The molecule has 0 atom stereocenters. The van der Waals surface area contributed by atoms with Gasteiger partial charge in [-0.2, -0.15) is 0 Å². The zero-order valence-corrected chi connectivity index (χ0v) is 15.5. The molecule has 1 amide bonds. The smallest absolute Gasteiger partial charge is 0.265 e. The number of anilines is 1. The molecule has 0 saturated heterocycles. The van der Waals surface area contributed by atoms with Gasteiger partial charge in [-0.25, -0.2) is 0 Å². The zero-order chi connectivity index (χ0) is 17.3. The number of amides is 1. The molecule has 0 aromatic heterocycles. The minimum atomic E-state index is -0.176. The van der Waals surface area contributed by atoms with Crippen LogP contribution in [0.25, 0.3) is 0 Å². The molecule has 0 spiro atoms. The Labute approximate surface area is 153 Å². The van der Waals surface area contributed by atoms with Gasteiger partial charge in [0, 0.05) is 22.2 Å². The molecule has 0 N–H and O–H groups in total. The van der Waals surface area contributed by atoms with E-state index in [1.54, 1.807) is 17.0 Å². The van der Waals surface area contributed by atoms with Crippen molar-refractivity contribution in [3.8, 4) is 17.2 Å². The Morgan fingerprint density at radius 3 is 2.62 bits per heavy atom. The van der Waals surface area contributed by atoms with Crippen LogP contribution in [0.1, 0.15) is 5.56 Å². The highest BCUT2D eigenvalue weighted by atomic mass is 79.9. The molecule has 3 rings (SSSR count). The van der Waals surface area contributed by atoms with E-state index in [-0.39, 0.29) is 12.5 Å². The second-order valence-electron chi connectivity index (χ2n) is 5.18. The number of fused-ring (bicyclic) bond motifs is 1. The molecule has 1 aliphatic heterocycles. The standard InChI is InChI=1S/C17H15BrClNO4/c1-22-15-7-13(16(23-2)6-12(15)19)20-8-10-5-11(18)3-4-14(10)24-9-17(20)21/h3-7H,8-9H2,1-2H3. The van der Waals surface area contributed by atoms with Crippen LogP contribution in [0.15, 0.2) is 34.8 Å². The number of carbonyl (C=O) groups excluding carboxylic acids is 1. The second kappa shape index (κ2) is 6.91. The highest BCUT2D eigenvalue weighted by Gasteiger charge is 2.26. The maximum Gasteiger partial charge on any atom is 0.265 e. The van der Waals surface area contributed by atoms with Crippen molar-refractivity contribution in [1.82, 2.24) is 0 Å². The second-order valence-corrected chi connectivity index (χ2v) is 6.50. The van der Waals surface area contributed by atoms with Crippen LogP contribution in [0.4, 0.5) is 5.69 Å². The average molecular weight is 413 g/mol. The van der Waals surface area contributed by atoms with E-state index in [1.165, 1.54) is 14.2 Å². The van der Waals surface area contributed by atoms with E-state index in [0.29, 0.717) is 34.5 Å². The highest BCUT2D eigenvalue weighted by Crippen LogP contribution is 2.40. The lowest BCUT2D eigenvalue weighted by atomic mass is 10.1. The van der Waals surface area contributed by atoms with Crippen molar-refractivity contribution in [1.29, 1.82) is 0 Å². The zero-order valence-electron chi connectivity index (χ0n) is 13.1. The van der Waals surface area contributed by atoms with Crippen molar-refractivity contribution in [2.75, 3.05) is 25.7 Å². The molecule has 5 nitrogen and oxygen atoms in total. The first-order valence-corrected chi connectivity index (χ1v) is 8.33. The number of benzene rings is 2. The SMILES string of the molecule is COc1cc(N2Cc3cc(Br)ccc3OCC2=O)c(OC)cc1Cl. The first-order valence-electron chi connectivity index (χ1n) is 7.16. The van der Waals surface area contributed by atoms with Gasteiger partial charge >= 0.3 is 0 Å². The molecule has 7 heteroatoms. The van der Waals surface area contributed by atoms with Gasteiger partial charge < -0.3 is 19.1 Å². The molecule has 126 valence electrons. The Morgan fingerprint density at radius 2 is 1.92 bits per heavy atom. The Morgan fingerprint density at radius 1 is 1.17 bits per heavy atom. The molecule has 2 aromatic rings. The van der Waals surface area contributed by atoms with Crippen molar-refractivity contribution in [3.63, 3.8) is 0 Å². The average Bonchev–Trinajstić information content (AvgIpc) is 2.73. The number of methoxy groups -OCH3 is 2. The van der Waals surface area contributed by atoms with Crippen molar-refractivity contribution in [2.45, 2.75) is 6.54 Å². The third-order valence-corrected chi connectivity index (χ3v) is 4.54. The predicted octanol–water partition coefficient (Wildman–Crippen LogP) is 4.05. The first-order chi connectivity index (χ1) is 11.5. The van der Waals surface area contributed by atoms with Crippen LogP contribution < -0.4 is 19.1 Å². The van der Waals surface area contributed by atoms with Gasteiger partial charge in [0.05, 0.1) is 31.5 Å². The number of ether oxygens (including phenoxy) is 3. The summed E-state index contributed by atoms with van der Waals surface area (Å²) in [7, 11) is 3.06. The number of hydrogen-bond acceptors (Lipinski definition) is 4. The Bertz CT molecular complexity index is 796. The fraction of sp³-hybridized carbons (Fsp3) is 0.235. The minimum absolute atomic E-state index is 0.0528. The molecule has 0 aliphatic carbocycles. The molecule has 0 fully saturated rings. The maximum absolute atomic E-state index is 12.6. The summed E-state index contributed by atoms with van der Waals surface area (Å²) in [6.45, 7) is 0.303. The number of carbonyl (C=O) groups is 1. The van der Waals surface area contributed by atoms with Gasteiger partial charge in [0.2, 0.25) is 0 Å². The Kier molecular flexibility index (Phi) is 4.87. The summed E-state index contributed by atoms with van der Waals surface area (Å²) >= 11 is 9.60. The van der Waals surface area contributed by atoms with Gasteiger partial charge in [-0.05, 0) is 18.2 Å². The van der Waals surface area contributed by atoms with E-state index in [0.717, 1.165) is 10.0 Å². The molecular weight excluding hydrogens is 398 g/mol. The van der Waals surface area contributed by atoms with E-state index >= 15 is 0 Å². The third-order valence-electron chi connectivity index (χ3n) is 3.75. The summed E-state index contributed by atoms with van der Waals surface area (Å²) in [5, 5.41) is 0.416. The summed E-state index contributed by atoms with van der Waals surface area (Å²) in [4.78, 5) is 14.2. The molecule has 24 heavy (non-hydrogen) atoms. The molecule has 0 radical (unpaired) electrons. The van der Waals surface area contributed by atoms with E-state index in [1.807, 2.05) is 18.2 Å². The van der Waals surface area contributed by atoms with E-state index < -0.39 is 0 Å². The lowest BCUT2D eigenvalue weighted by Gasteiger charge is -2.23. The summed E-state index contributed by atoms with van der Waals surface area (Å²) in [5.41, 5.74) is 1.48. The summed E-state index contributed by atoms with van der Waals surface area (Å²) < 4.78 is 17.2. The van der Waals surface area contributed by atoms with Crippen LogP contribution in [0.5, 0.6) is 17.2 Å². The van der Waals surface area contributed by atoms with Crippen LogP contribution >= 0.6 is 27.5 Å². The Balaban J connectivity index is 2.08. The lowest BCUT2D eigenvalue weighted by Crippen LogP contribution is -2.32. The monoisotopic (exact) mass is 411 g/mol. The predicted molar refractivity (Wildman–Crippen MR) is 95.4 cm³/mol. The van der Waals surface area contributed by atoms with Crippen LogP contribution in [-0.2, 0) is 11.3 Å². The van der Waals surface area contributed by atoms with Gasteiger partial charge in [0.25, 0.3) is 5.91 Å². The Hall–Kier alpha value is -1.92. The third kappa shape index (κ3) is 3.16. The van der Waals surface area contributed by atoms with Crippen LogP contribution in [0.2, 0.25) is 5.02 Å². The van der Waals surface area contributed by atoms with Gasteiger partial charge in [0.1, 0.15) is 17.2 Å². The first kappa shape index (κ1) is 16.9. The summed E-state index contributed by atoms with van der Waals surface area (Å²) in [6.07, 6.45) is 0. The molecule has 2 aromatic carbocycles. The summed E-state index contributed by atoms with van der Waals surface area (Å²) in [5.74, 6) is 1.48. The molecule has 0 unspecified atom stereocenters. The fourth-order valence-electron chi connectivity index (χ4n) is 2.56. The van der Waals surface area contributed by atoms with Crippen molar-refractivity contribution in [2.24, 2.45) is 0 Å². The summed E-state index contributed by atoms with van der Waals surface area (Å²) in [6, 6.07) is 8.99. The molecule has 1 heterocycles. The van der Waals surface area contributed by atoms with Crippen molar-refractivity contribution < 1.29 is 19.0 Å². The largest absolute Gasteiger partial charge is 0.495 e. The molecule has 0 saturated carbocycles. The normalized spacial score (nSPS) is 13.8. The number of rotatable bonds is 3. The lowest BCUT2D eigenvalue weighted by molar-refractivity contribution is -0.120. The minimum Gasteiger partial charge on any atom is -0.495 e. The van der Waals surface area contributed by atoms with Crippen LogP contribution in [0, 0.1) is 0 Å². The van der Waals surface area contributed by atoms with E-state index in [2.05, 4.69) is 15.9 Å². The maximum atomic E-state index is 12.6. The van der Waals surface area contributed by atoms with Crippen molar-refractivity contribution >= 4 is 39.1 Å². The topological polar surface area (TPSA) is 48.0 Å². The molecular formula is C17H15BrClNO4. The van der Waals surface area contributed by atoms with Gasteiger partial charge in [0.15, 0.2) is 6.61 Å². The van der Waals surface area contributed by atoms with E-state index in [4.69, 9.17) is 25.8 Å². The van der Waals surface area contributed by atoms with Gasteiger partial charge in [-0.3, -0.25) is 4.79 Å². The van der Waals surface area contributed by atoms with Gasteiger partial charge in [-0.15, -0.1) is 0 Å². The number of hydrogen-bond donors (Lipinski definition) is 0. The van der Waals surface area contributed by atoms with E-state index in [9.17, 15) is 4.79 Å². The van der Waals surface area contributed by atoms with Crippen LogP contribution in [-0.4, -0.2) is 26.7 Å². The van der Waals surface area contributed by atoms with Crippen LogP contribution in [0.3, 0.4) is 0 Å². The quantitative estimate of drug-likeness (QED) is 0.763. The fourth-order valence-corrected chi connectivity index (χ4v) is 3.20. The van der Waals surface area contributed by atoms with Crippen molar-refractivity contribution in [3.05, 3.63) is 45.4 Å². The molecule has 0 bridgehead atoms. The highest BCUT2D eigenvalue weighted by molar-refractivity contribution is 9.10. The van der Waals surface area contributed by atoms with Gasteiger partial charge in [-0.1, -0.05) is 27.5 Å². The molecule has 1 aliphatic rings. The number of nitrogens with zero attached hydrogens (tertiary/aromatic N) is 1. The number of halogens is 2.